The van der Waals surface area contributed by atoms with Gasteiger partial charge in [0.1, 0.15) is 19.7 Å². The molecular formula is C9H19BrNO3+. The summed E-state index contributed by atoms with van der Waals surface area (Å²) in [7, 11) is 0. The normalized spacial score (nSPS) is 12.5. The van der Waals surface area contributed by atoms with Crippen LogP contribution in [0.2, 0.25) is 0 Å². The lowest BCUT2D eigenvalue weighted by atomic mass is 10.4. The van der Waals surface area contributed by atoms with Crippen LogP contribution in [0.3, 0.4) is 0 Å². The lowest BCUT2D eigenvalue weighted by Crippen LogP contribution is -3.12. The second-order valence-electron chi connectivity index (χ2n) is 2.99. The third kappa shape index (κ3) is 7.29. The molecule has 0 aliphatic rings. The van der Waals surface area contributed by atoms with Gasteiger partial charge in [-0.2, -0.15) is 0 Å². The fourth-order valence-electron chi connectivity index (χ4n) is 1.10. The van der Waals surface area contributed by atoms with Crippen molar-refractivity contribution in [2.75, 3.05) is 38.2 Å². The molecule has 5 heteroatoms. The third-order valence-electron chi connectivity index (χ3n) is 1.98. The van der Waals surface area contributed by atoms with Gasteiger partial charge in [0.15, 0.2) is 0 Å². The standard InChI is InChI=1S/C9H18BrNO3/c1-2-11(5-7-12)6-8-14-9(13)3-4-10/h12H,2-8H2,1H3/p+1. The lowest BCUT2D eigenvalue weighted by molar-refractivity contribution is -0.898. The highest BCUT2D eigenvalue weighted by Gasteiger charge is 2.06. The first-order chi connectivity index (χ1) is 6.74. The predicted octanol–water partition coefficient (Wildman–Crippen LogP) is -0.788. The summed E-state index contributed by atoms with van der Waals surface area (Å²) in [6.07, 6.45) is 0.418. The Morgan fingerprint density at radius 1 is 1.50 bits per heavy atom. The van der Waals surface area contributed by atoms with Crippen LogP contribution in [0.4, 0.5) is 0 Å². The summed E-state index contributed by atoms with van der Waals surface area (Å²) >= 11 is 3.17. The Bertz CT molecular complexity index is 155. The number of aliphatic hydroxyl groups is 1. The van der Waals surface area contributed by atoms with Crippen molar-refractivity contribution in [2.45, 2.75) is 13.3 Å². The van der Waals surface area contributed by atoms with E-state index in [4.69, 9.17) is 9.84 Å². The van der Waals surface area contributed by atoms with E-state index in [0.29, 0.717) is 24.9 Å². The first-order valence-corrected chi connectivity index (χ1v) is 6.02. The fourth-order valence-corrected chi connectivity index (χ4v) is 1.42. The van der Waals surface area contributed by atoms with E-state index in [1.807, 2.05) is 6.92 Å². The number of likely N-dealkylation sites (N-methyl/N-ethyl adjacent to an activating group) is 1. The Labute approximate surface area is 93.4 Å². The smallest absolute Gasteiger partial charge is 0.306 e. The minimum absolute atomic E-state index is 0.165. The van der Waals surface area contributed by atoms with Crippen LogP contribution in [-0.2, 0) is 9.53 Å². The fraction of sp³-hybridized carbons (Fsp3) is 0.889. The highest BCUT2D eigenvalue weighted by atomic mass is 79.9. The van der Waals surface area contributed by atoms with Crippen LogP contribution in [0, 0.1) is 0 Å². The predicted molar refractivity (Wildman–Crippen MR) is 57.7 cm³/mol. The third-order valence-corrected chi connectivity index (χ3v) is 2.38. The molecule has 0 saturated carbocycles. The van der Waals surface area contributed by atoms with Gasteiger partial charge in [-0.3, -0.25) is 4.79 Å². The van der Waals surface area contributed by atoms with E-state index in [-0.39, 0.29) is 12.6 Å². The lowest BCUT2D eigenvalue weighted by Gasteiger charge is -2.15. The Morgan fingerprint density at radius 3 is 2.71 bits per heavy atom. The zero-order chi connectivity index (χ0) is 10.8. The molecule has 0 aromatic carbocycles. The molecule has 0 fully saturated rings. The quantitative estimate of drug-likeness (QED) is 0.448. The molecule has 1 atom stereocenters. The second-order valence-corrected chi connectivity index (χ2v) is 3.78. The van der Waals surface area contributed by atoms with Crippen LogP contribution in [0.25, 0.3) is 0 Å². The number of hydrogen-bond donors (Lipinski definition) is 2. The summed E-state index contributed by atoms with van der Waals surface area (Å²) in [6, 6.07) is 0. The number of carbonyl (C=O) groups excluding carboxylic acids is 1. The molecule has 0 aliphatic heterocycles. The van der Waals surface area contributed by atoms with Crippen LogP contribution >= 0.6 is 15.9 Å². The molecule has 84 valence electrons. The molecule has 0 aromatic heterocycles. The van der Waals surface area contributed by atoms with E-state index in [1.165, 1.54) is 4.90 Å². The number of hydrogen-bond acceptors (Lipinski definition) is 3. The Kier molecular flexibility index (Phi) is 9.34. The summed E-state index contributed by atoms with van der Waals surface area (Å²) in [6.45, 7) is 5.09. The molecule has 2 N–H and O–H groups in total. The van der Waals surface area contributed by atoms with Crippen molar-refractivity contribution in [3.8, 4) is 0 Å². The van der Waals surface area contributed by atoms with E-state index < -0.39 is 0 Å². The topological polar surface area (TPSA) is 51.0 Å². The Morgan fingerprint density at radius 2 is 2.21 bits per heavy atom. The monoisotopic (exact) mass is 268 g/mol. The van der Waals surface area contributed by atoms with Gasteiger partial charge in [0.25, 0.3) is 0 Å². The number of carbonyl (C=O) groups is 1. The summed E-state index contributed by atoms with van der Waals surface area (Å²) in [5, 5.41) is 9.37. The van der Waals surface area contributed by atoms with Gasteiger partial charge < -0.3 is 14.7 Å². The number of nitrogens with one attached hydrogen (secondary N) is 1. The van der Waals surface area contributed by atoms with Crippen LogP contribution in [0.5, 0.6) is 0 Å². The van der Waals surface area contributed by atoms with Crippen molar-refractivity contribution >= 4 is 21.9 Å². The van der Waals surface area contributed by atoms with Crippen molar-refractivity contribution < 1.29 is 19.5 Å². The molecule has 0 amide bonds. The van der Waals surface area contributed by atoms with E-state index in [2.05, 4.69) is 15.9 Å². The molecule has 0 heterocycles. The molecule has 14 heavy (non-hydrogen) atoms. The minimum atomic E-state index is -0.165. The van der Waals surface area contributed by atoms with Gasteiger partial charge in [0.05, 0.1) is 19.6 Å². The summed E-state index contributed by atoms with van der Waals surface area (Å²) in [5.41, 5.74) is 0. The first-order valence-electron chi connectivity index (χ1n) is 4.90. The average molecular weight is 269 g/mol. The number of quaternary nitrogens is 1. The second kappa shape index (κ2) is 9.43. The molecule has 0 radical (unpaired) electrons. The zero-order valence-corrected chi connectivity index (χ0v) is 10.2. The maximum Gasteiger partial charge on any atom is 0.306 e. The average Bonchev–Trinajstić information content (AvgIpc) is 2.17. The molecule has 1 unspecified atom stereocenters. The van der Waals surface area contributed by atoms with Crippen LogP contribution in [0.15, 0.2) is 0 Å². The van der Waals surface area contributed by atoms with Crippen molar-refractivity contribution in [3.05, 3.63) is 0 Å². The van der Waals surface area contributed by atoms with Crippen LogP contribution in [-0.4, -0.2) is 49.3 Å². The van der Waals surface area contributed by atoms with Gasteiger partial charge in [-0.1, -0.05) is 15.9 Å². The largest absolute Gasteiger partial charge is 0.460 e. The molecule has 0 bridgehead atoms. The summed E-state index contributed by atoms with van der Waals surface area (Å²) in [4.78, 5) is 12.2. The number of esters is 1. The van der Waals surface area contributed by atoms with Crippen molar-refractivity contribution in [1.29, 1.82) is 0 Å². The first kappa shape index (κ1) is 13.9. The summed E-state index contributed by atoms with van der Waals surface area (Å²) in [5.74, 6) is -0.165. The van der Waals surface area contributed by atoms with E-state index in [0.717, 1.165) is 13.1 Å². The van der Waals surface area contributed by atoms with E-state index in [9.17, 15) is 4.79 Å². The highest BCUT2D eigenvalue weighted by Crippen LogP contribution is 1.90. The molecule has 0 saturated heterocycles. The minimum Gasteiger partial charge on any atom is -0.460 e. The SMILES string of the molecule is CC[NH+](CCO)CCOC(=O)CCBr. The maximum absolute atomic E-state index is 11.0. The Balaban J connectivity index is 3.45. The van der Waals surface area contributed by atoms with E-state index in [1.54, 1.807) is 0 Å². The number of aliphatic hydroxyl groups excluding tert-OH is 1. The number of halogens is 1. The molecular weight excluding hydrogens is 250 g/mol. The molecule has 4 nitrogen and oxygen atoms in total. The van der Waals surface area contributed by atoms with Crippen LogP contribution in [0.1, 0.15) is 13.3 Å². The van der Waals surface area contributed by atoms with Gasteiger partial charge in [-0.05, 0) is 6.92 Å². The molecule has 0 rings (SSSR count). The Hall–Kier alpha value is -0.130. The van der Waals surface area contributed by atoms with E-state index >= 15 is 0 Å². The van der Waals surface area contributed by atoms with Gasteiger partial charge >= 0.3 is 5.97 Å². The highest BCUT2D eigenvalue weighted by molar-refractivity contribution is 9.09. The van der Waals surface area contributed by atoms with Crippen molar-refractivity contribution in [1.82, 2.24) is 0 Å². The number of rotatable bonds is 8. The van der Waals surface area contributed by atoms with Crippen molar-refractivity contribution in [3.63, 3.8) is 0 Å². The number of ether oxygens (including phenoxy) is 1. The zero-order valence-electron chi connectivity index (χ0n) is 8.59. The number of alkyl halides is 1. The van der Waals surface area contributed by atoms with Crippen LogP contribution < -0.4 is 4.90 Å². The summed E-state index contributed by atoms with van der Waals surface area (Å²) < 4.78 is 4.99. The molecule has 0 spiro atoms. The molecule has 0 aliphatic carbocycles. The molecule has 0 aromatic rings. The van der Waals surface area contributed by atoms with Gasteiger partial charge in [0.2, 0.25) is 0 Å². The van der Waals surface area contributed by atoms with Gasteiger partial charge in [-0.15, -0.1) is 0 Å². The van der Waals surface area contributed by atoms with Crippen molar-refractivity contribution in [2.24, 2.45) is 0 Å². The van der Waals surface area contributed by atoms with Gasteiger partial charge in [0, 0.05) is 5.33 Å². The maximum atomic E-state index is 11.0. The van der Waals surface area contributed by atoms with Gasteiger partial charge in [-0.25, -0.2) is 0 Å².